The number of nitrogens with zero attached hydrogens (tertiary/aromatic N) is 1. The van der Waals surface area contributed by atoms with Crippen LogP contribution in [-0.2, 0) is 16.4 Å². The van der Waals surface area contributed by atoms with E-state index < -0.39 is 15.7 Å². The summed E-state index contributed by atoms with van der Waals surface area (Å²) in [6, 6.07) is 19.9. The number of oxazole rings is 1. The number of aromatic nitrogens is 1. The maximum Gasteiger partial charge on any atom is 0.234 e. The number of anilines is 1. The zero-order chi connectivity index (χ0) is 22.0. The fraction of sp³-hybridized carbons (Fsp3) is 0.0870. The van der Waals surface area contributed by atoms with Crippen LogP contribution in [-0.4, -0.2) is 13.4 Å². The molecule has 0 bridgehead atoms. The topological polar surface area (TPSA) is 72.2 Å². The molecule has 1 heterocycles. The van der Waals surface area contributed by atoms with Gasteiger partial charge in [0.15, 0.2) is 0 Å². The predicted octanol–water partition coefficient (Wildman–Crippen LogP) is 6.00. The van der Waals surface area contributed by atoms with E-state index in [4.69, 9.17) is 4.42 Å². The van der Waals surface area contributed by atoms with Gasteiger partial charge in [-0.2, -0.15) is 4.98 Å². The van der Waals surface area contributed by atoms with E-state index >= 15 is 0 Å². The third-order valence-corrected chi connectivity index (χ3v) is 6.91. The summed E-state index contributed by atoms with van der Waals surface area (Å²) < 4.78 is 47.0. The van der Waals surface area contributed by atoms with Crippen molar-refractivity contribution in [2.75, 3.05) is 5.32 Å². The molecule has 5 nitrogen and oxygen atoms in total. The Hall–Kier alpha value is -2.97. The molecule has 0 fully saturated rings. The smallest absolute Gasteiger partial charge is 0.234 e. The largest absolute Gasteiger partial charge is 0.419 e. The third kappa shape index (κ3) is 4.55. The van der Waals surface area contributed by atoms with Crippen molar-refractivity contribution in [1.82, 2.24) is 4.98 Å². The van der Waals surface area contributed by atoms with Gasteiger partial charge < -0.3 is 9.73 Å². The maximum atomic E-state index is 13.8. The molecule has 1 N–H and O–H groups in total. The lowest BCUT2D eigenvalue weighted by Crippen LogP contribution is -2.07. The van der Waals surface area contributed by atoms with Crippen LogP contribution < -0.4 is 5.32 Å². The van der Waals surface area contributed by atoms with Crippen molar-refractivity contribution in [1.29, 1.82) is 0 Å². The van der Waals surface area contributed by atoms with Gasteiger partial charge in [0.1, 0.15) is 5.82 Å². The lowest BCUT2D eigenvalue weighted by Gasteiger charge is -2.06. The Kier molecular flexibility index (Phi) is 5.93. The summed E-state index contributed by atoms with van der Waals surface area (Å²) in [5, 5.41) is 2.78. The van der Waals surface area contributed by atoms with Crippen LogP contribution in [0.3, 0.4) is 0 Å². The molecule has 0 saturated carbocycles. The van der Waals surface area contributed by atoms with Gasteiger partial charge in [-0.1, -0.05) is 52.3 Å². The number of hydrogen-bond donors (Lipinski definition) is 1. The van der Waals surface area contributed by atoms with Gasteiger partial charge in [-0.25, -0.2) is 12.8 Å². The summed E-state index contributed by atoms with van der Waals surface area (Å²) in [6.45, 7) is 2.11. The molecule has 0 saturated heterocycles. The van der Waals surface area contributed by atoms with E-state index in [0.29, 0.717) is 17.7 Å². The third-order valence-electron chi connectivity index (χ3n) is 4.70. The van der Waals surface area contributed by atoms with E-state index in [-0.39, 0.29) is 21.7 Å². The van der Waals surface area contributed by atoms with E-state index in [1.807, 2.05) is 30.3 Å². The van der Waals surface area contributed by atoms with Crippen molar-refractivity contribution in [2.45, 2.75) is 23.4 Å². The monoisotopic (exact) mass is 500 g/mol. The zero-order valence-corrected chi connectivity index (χ0v) is 18.9. The molecule has 158 valence electrons. The van der Waals surface area contributed by atoms with Crippen molar-refractivity contribution in [2.24, 2.45) is 0 Å². The molecule has 4 rings (SSSR count). The molecule has 0 unspecified atom stereocenters. The minimum atomic E-state index is -3.98. The Bertz CT molecular complexity index is 1320. The zero-order valence-electron chi connectivity index (χ0n) is 16.5. The van der Waals surface area contributed by atoms with Crippen LogP contribution in [0.4, 0.5) is 10.3 Å². The molecule has 1 aromatic heterocycles. The number of nitrogens with one attached hydrogen (secondary N) is 1. The van der Waals surface area contributed by atoms with Crippen LogP contribution in [0.25, 0.3) is 11.5 Å². The van der Waals surface area contributed by atoms with Crippen molar-refractivity contribution >= 4 is 31.7 Å². The van der Waals surface area contributed by atoms with E-state index in [1.54, 1.807) is 25.1 Å². The van der Waals surface area contributed by atoms with Crippen LogP contribution in [0, 0.1) is 12.7 Å². The molecule has 0 aliphatic heterocycles. The Morgan fingerprint density at radius 1 is 1.03 bits per heavy atom. The van der Waals surface area contributed by atoms with E-state index in [1.165, 1.54) is 24.3 Å². The summed E-state index contributed by atoms with van der Waals surface area (Å²) in [5.41, 5.74) is 2.04. The van der Waals surface area contributed by atoms with Crippen LogP contribution in [0.15, 0.2) is 91.6 Å². The Morgan fingerprint density at radius 2 is 1.74 bits per heavy atom. The lowest BCUT2D eigenvalue weighted by atomic mass is 10.1. The van der Waals surface area contributed by atoms with Gasteiger partial charge in [-0.05, 0) is 54.4 Å². The number of halogens is 2. The molecule has 0 spiro atoms. The summed E-state index contributed by atoms with van der Waals surface area (Å²) in [5.74, 6) is -0.427. The van der Waals surface area contributed by atoms with Gasteiger partial charge in [0, 0.05) is 16.6 Å². The first-order valence-corrected chi connectivity index (χ1v) is 11.7. The normalized spacial score (nSPS) is 11.5. The van der Waals surface area contributed by atoms with Gasteiger partial charge in [0.05, 0.1) is 4.90 Å². The van der Waals surface area contributed by atoms with Gasteiger partial charge in [-0.15, -0.1) is 0 Å². The number of benzene rings is 3. The maximum absolute atomic E-state index is 13.8. The summed E-state index contributed by atoms with van der Waals surface area (Å²) in [4.78, 5) is 4.35. The minimum Gasteiger partial charge on any atom is -0.419 e. The van der Waals surface area contributed by atoms with Crippen molar-refractivity contribution in [3.05, 3.63) is 94.2 Å². The molecule has 0 radical (unpaired) electrons. The molecular weight excluding hydrogens is 483 g/mol. The first kappa shape index (κ1) is 21.3. The van der Waals surface area contributed by atoms with Gasteiger partial charge in [-0.3, -0.25) is 0 Å². The van der Waals surface area contributed by atoms with E-state index in [2.05, 4.69) is 26.2 Å². The highest BCUT2D eigenvalue weighted by molar-refractivity contribution is 9.10. The SMILES string of the molecule is Cc1ccc(F)cc1-c1nc(S(=O)(=O)c2ccc(Br)cc2)c(NCc2ccccc2)o1. The molecule has 3 aromatic carbocycles. The quantitative estimate of drug-likeness (QED) is 0.351. The molecule has 0 amide bonds. The number of sulfone groups is 1. The van der Waals surface area contributed by atoms with Gasteiger partial charge in [0.2, 0.25) is 26.6 Å². The van der Waals surface area contributed by atoms with Crippen LogP contribution >= 0.6 is 15.9 Å². The summed E-state index contributed by atoms with van der Waals surface area (Å²) in [7, 11) is -3.98. The van der Waals surface area contributed by atoms with Gasteiger partial charge in [0.25, 0.3) is 0 Å². The van der Waals surface area contributed by atoms with Crippen LogP contribution in [0.5, 0.6) is 0 Å². The molecule has 8 heteroatoms. The highest BCUT2D eigenvalue weighted by Gasteiger charge is 2.29. The molecule has 0 aliphatic rings. The van der Waals surface area contributed by atoms with Crippen molar-refractivity contribution in [3.63, 3.8) is 0 Å². The summed E-state index contributed by atoms with van der Waals surface area (Å²) >= 11 is 3.31. The van der Waals surface area contributed by atoms with E-state index in [0.717, 1.165) is 10.0 Å². The second-order valence-corrected chi connectivity index (χ2v) is 9.69. The van der Waals surface area contributed by atoms with Crippen molar-refractivity contribution < 1.29 is 17.2 Å². The Labute approximate surface area is 188 Å². The standard InChI is InChI=1S/C23H18BrFN2O3S/c1-15-7-10-18(25)13-20(15)21-27-23(31(28,29)19-11-8-17(24)9-12-19)22(30-21)26-14-16-5-3-2-4-6-16/h2-13,26H,14H2,1H3. The predicted molar refractivity (Wildman–Crippen MR) is 120 cm³/mol. The Balaban J connectivity index is 1.80. The van der Waals surface area contributed by atoms with Crippen LogP contribution in [0.2, 0.25) is 0 Å². The number of aryl methyl sites for hydroxylation is 1. The first-order valence-electron chi connectivity index (χ1n) is 9.40. The summed E-state index contributed by atoms with van der Waals surface area (Å²) in [6.07, 6.45) is 0. The molecule has 4 aromatic rings. The molecule has 0 aliphatic carbocycles. The minimum absolute atomic E-state index is 0.00503. The molecule has 0 atom stereocenters. The average molecular weight is 501 g/mol. The van der Waals surface area contributed by atoms with E-state index in [9.17, 15) is 12.8 Å². The lowest BCUT2D eigenvalue weighted by molar-refractivity contribution is 0.574. The number of rotatable bonds is 6. The van der Waals surface area contributed by atoms with Crippen molar-refractivity contribution in [3.8, 4) is 11.5 Å². The molecular formula is C23H18BrFN2O3S. The van der Waals surface area contributed by atoms with Crippen LogP contribution in [0.1, 0.15) is 11.1 Å². The second-order valence-electron chi connectivity index (χ2n) is 6.91. The highest BCUT2D eigenvalue weighted by Crippen LogP contribution is 2.34. The molecule has 31 heavy (non-hydrogen) atoms. The second kappa shape index (κ2) is 8.64. The van der Waals surface area contributed by atoms with Gasteiger partial charge >= 0.3 is 0 Å². The highest BCUT2D eigenvalue weighted by atomic mass is 79.9. The fourth-order valence-corrected chi connectivity index (χ4v) is 4.59. The first-order chi connectivity index (χ1) is 14.8. The fourth-order valence-electron chi connectivity index (χ4n) is 3.04. The Morgan fingerprint density at radius 3 is 2.45 bits per heavy atom. The number of hydrogen-bond acceptors (Lipinski definition) is 5. The average Bonchev–Trinajstić information content (AvgIpc) is 3.20.